The van der Waals surface area contributed by atoms with Gasteiger partial charge in [0.15, 0.2) is 0 Å². The minimum Gasteiger partial charge on any atom is -0.374 e. The van der Waals surface area contributed by atoms with Crippen LogP contribution in [0.3, 0.4) is 0 Å². The number of allylic oxidation sites excluding steroid dienone is 1. The molecule has 0 radical (unpaired) electrons. The lowest BCUT2D eigenvalue weighted by atomic mass is 10.2. The van der Waals surface area contributed by atoms with E-state index in [4.69, 9.17) is 0 Å². The Morgan fingerprint density at radius 2 is 1.83 bits per heavy atom. The Kier molecular flexibility index (Phi) is 2.78. The van der Waals surface area contributed by atoms with Gasteiger partial charge in [0, 0.05) is 31.9 Å². The van der Waals surface area contributed by atoms with Gasteiger partial charge in [0.1, 0.15) is 0 Å². The molecule has 1 heterocycles. The molecule has 2 nitrogen and oxygen atoms in total. The van der Waals surface area contributed by atoms with Gasteiger partial charge in [-0.1, -0.05) is 0 Å². The van der Waals surface area contributed by atoms with Crippen LogP contribution < -0.4 is 0 Å². The number of hydrogen-bond acceptors (Lipinski definition) is 2. The van der Waals surface area contributed by atoms with Gasteiger partial charge in [-0.15, -0.1) is 0 Å². The van der Waals surface area contributed by atoms with Gasteiger partial charge in [-0.05, 0) is 33.4 Å². The number of hydrogen-bond donors (Lipinski definition) is 0. The molecule has 0 fully saturated rings. The van der Waals surface area contributed by atoms with Crippen molar-refractivity contribution in [1.29, 1.82) is 0 Å². The molecule has 0 aromatic rings. The van der Waals surface area contributed by atoms with Crippen molar-refractivity contribution in [3.63, 3.8) is 0 Å². The minimum absolute atomic E-state index is 0.632. The first-order chi connectivity index (χ1) is 5.52. The molecule has 2 heteroatoms. The number of rotatable bonds is 0. The zero-order chi connectivity index (χ0) is 9.30. The van der Waals surface area contributed by atoms with E-state index in [0.717, 1.165) is 13.1 Å². The topological polar surface area (TPSA) is 6.48 Å². The zero-order valence-electron chi connectivity index (χ0n) is 8.89. The fraction of sp³-hybridized carbons (Fsp3) is 0.800. The van der Waals surface area contributed by atoms with E-state index in [-0.39, 0.29) is 0 Å². The fourth-order valence-corrected chi connectivity index (χ4v) is 1.79. The van der Waals surface area contributed by atoms with E-state index in [0.29, 0.717) is 6.04 Å². The summed E-state index contributed by atoms with van der Waals surface area (Å²) in [6, 6.07) is 0.632. The zero-order valence-corrected chi connectivity index (χ0v) is 8.89. The lowest BCUT2D eigenvalue weighted by molar-refractivity contribution is 0.256. The molecule has 70 valence electrons. The quantitative estimate of drug-likeness (QED) is 0.541. The minimum atomic E-state index is 0.632. The molecular weight excluding hydrogens is 148 g/mol. The standard InChI is InChI=1S/C10H20N2/c1-8-6-11(4)7-9(2)12(5)10(8)3/h9H,6-7H2,1-5H3. The van der Waals surface area contributed by atoms with Gasteiger partial charge in [-0.3, -0.25) is 0 Å². The Hall–Kier alpha value is -0.500. The summed E-state index contributed by atoms with van der Waals surface area (Å²) in [4.78, 5) is 4.76. The molecule has 0 saturated carbocycles. The van der Waals surface area contributed by atoms with Gasteiger partial charge < -0.3 is 9.80 Å². The highest BCUT2D eigenvalue weighted by Gasteiger charge is 2.17. The van der Waals surface area contributed by atoms with Crippen molar-refractivity contribution in [2.24, 2.45) is 0 Å². The summed E-state index contributed by atoms with van der Waals surface area (Å²) in [6.45, 7) is 8.98. The summed E-state index contributed by atoms with van der Waals surface area (Å²) in [5.74, 6) is 0. The lowest BCUT2D eigenvalue weighted by Gasteiger charge is -2.27. The van der Waals surface area contributed by atoms with Crippen LogP contribution in [0.25, 0.3) is 0 Å². The van der Waals surface area contributed by atoms with E-state index in [9.17, 15) is 0 Å². The molecule has 0 aliphatic carbocycles. The van der Waals surface area contributed by atoms with Gasteiger partial charge >= 0.3 is 0 Å². The van der Waals surface area contributed by atoms with Crippen LogP contribution in [0.4, 0.5) is 0 Å². The molecule has 0 aromatic carbocycles. The third-order valence-corrected chi connectivity index (χ3v) is 2.89. The largest absolute Gasteiger partial charge is 0.374 e. The van der Waals surface area contributed by atoms with Crippen molar-refractivity contribution in [3.8, 4) is 0 Å². The van der Waals surface area contributed by atoms with Crippen molar-refractivity contribution < 1.29 is 0 Å². The van der Waals surface area contributed by atoms with Crippen LogP contribution in [0.5, 0.6) is 0 Å². The SMILES string of the molecule is CC1=C(C)N(C)C(C)CN(C)C1. The summed E-state index contributed by atoms with van der Waals surface area (Å²) in [6.07, 6.45) is 0. The van der Waals surface area contributed by atoms with Crippen LogP contribution in [0.1, 0.15) is 20.8 Å². The maximum atomic E-state index is 2.38. The molecule has 1 aliphatic heterocycles. The second-order valence-electron chi connectivity index (χ2n) is 4.02. The molecule has 0 spiro atoms. The Morgan fingerprint density at radius 1 is 1.25 bits per heavy atom. The molecule has 0 amide bonds. The normalized spacial score (nSPS) is 27.8. The van der Waals surface area contributed by atoms with Crippen molar-refractivity contribution in [3.05, 3.63) is 11.3 Å². The van der Waals surface area contributed by atoms with Gasteiger partial charge in [0.2, 0.25) is 0 Å². The van der Waals surface area contributed by atoms with Crippen LogP contribution in [0.15, 0.2) is 11.3 Å². The van der Waals surface area contributed by atoms with Crippen molar-refractivity contribution in [1.82, 2.24) is 9.80 Å². The van der Waals surface area contributed by atoms with Gasteiger partial charge in [-0.2, -0.15) is 0 Å². The van der Waals surface area contributed by atoms with Crippen LogP contribution in [0, 0.1) is 0 Å². The summed E-state index contributed by atoms with van der Waals surface area (Å²) in [7, 11) is 4.37. The second kappa shape index (κ2) is 3.48. The predicted molar refractivity (Wildman–Crippen MR) is 53.1 cm³/mol. The van der Waals surface area contributed by atoms with Crippen LogP contribution in [0.2, 0.25) is 0 Å². The highest BCUT2D eigenvalue weighted by atomic mass is 15.2. The molecule has 0 saturated heterocycles. The third-order valence-electron chi connectivity index (χ3n) is 2.89. The van der Waals surface area contributed by atoms with E-state index < -0.39 is 0 Å². The van der Waals surface area contributed by atoms with Gasteiger partial charge in [-0.25, -0.2) is 0 Å². The Morgan fingerprint density at radius 3 is 2.42 bits per heavy atom. The van der Waals surface area contributed by atoms with E-state index in [1.807, 2.05) is 0 Å². The maximum Gasteiger partial charge on any atom is 0.0382 e. The van der Waals surface area contributed by atoms with E-state index >= 15 is 0 Å². The molecule has 12 heavy (non-hydrogen) atoms. The van der Waals surface area contributed by atoms with Crippen molar-refractivity contribution in [2.75, 3.05) is 27.2 Å². The number of nitrogens with zero attached hydrogens (tertiary/aromatic N) is 2. The smallest absolute Gasteiger partial charge is 0.0382 e. The highest BCUT2D eigenvalue weighted by molar-refractivity contribution is 5.12. The summed E-state index contributed by atoms with van der Waals surface area (Å²) in [5.41, 5.74) is 2.93. The molecule has 0 bridgehead atoms. The predicted octanol–water partition coefficient (Wildman–Crippen LogP) is 1.55. The maximum absolute atomic E-state index is 2.38. The first-order valence-corrected chi connectivity index (χ1v) is 4.60. The van der Waals surface area contributed by atoms with Crippen molar-refractivity contribution in [2.45, 2.75) is 26.8 Å². The van der Waals surface area contributed by atoms with Gasteiger partial charge in [0.05, 0.1) is 0 Å². The first-order valence-electron chi connectivity index (χ1n) is 4.60. The van der Waals surface area contributed by atoms with Crippen LogP contribution in [-0.4, -0.2) is 43.0 Å². The summed E-state index contributed by atoms with van der Waals surface area (Å²) >= 11 is 0. The Labute approximate surface area is 75.8 Å². The monoisotopic (exact) mass is 168 g/mol. The van der Waals surface area contributed by atoms with E-state index in [2.05, 4.69) is 44.7 Å². The lowest BCUT2D eigenvalue weighted by Crippen LogP contribution is -2.34. The molecule has 0 aromatic heterocycles. The molecule has 1 rings (SSSR count). The average molecular weight is 168 g/mol. The highest BCUT2D eigenvalue weighted by Crippen LogP contribution is 2.16. The molecule has 0 N–H and O–H groups in total. The molecule has 1 atom stereocenters. The molecule has 1 aliphatic rings. The van der Waals surface area contributed by atoms with E-state index in [1.54, 1.807) is 0 Å². The van der Waals surface area contributed by atoms with Crippen LogP contribution >= 0.6 is 0 Å². The Balaban J connectivity index is 2.84. The van der Waals surface area contributed by atoms with E-state index in [1.165, 1.54) is 11.3 Å². The average Bonchev–Trinajstić information content (AvgIpc) is 2.05. The van der Waals surface area contributed by atoms with Gasteiger partial charge in [0.25, 0.3) is 0 Å². The Bertz CT molecular complexity index is 196. The van der Waals surface area contributed by atoms with Crippen LogP contribution in [-0.2, 0) is 0 Å². The summed E-state index contributed by atoms with van der Waals surface area (Å²) in [5, 5.41) is 0. The second-order valence-corrected chi connectivity index (χ2v) is 4.02. The van der Waals surface area contributed by atoms with Crippen molar-refractivity contribution >= 4 is 0 Å². The first kappa shape index (κ1) is 9.59. The number of likely N-dealkylation sites (N-methyl/N-ethyl adjacent to an activating group) is 2. The third kappa shape index (κ3) is 1.81. The summed E-state index contributed by atoms with van der Waals surface area (Å²) < 4.78 is 0. The molecular formula is C10H20N2. The molecule has 1 unspecified atom stereocenters. The fourth-order valence-electron chi connectivity index (χ4n) is 1.79.